The predicted molar refractivity (Wildman–Crippen MR) is 68.2 cm³/mol. The lowest BCUT2D eigenvalue weighted by atomic mass is 10.1. The van der Waals surface area contributed by atoms with Gasteiger partial charge in [-0.2, -0.15) is 0 Å². The third kappa shape index (κ3) is 1.78. The van der Waals surface area contributed by atoms with Crippen LogP contribution in [0.25, 0.3) is 11.0 Å². The van der Waals surface area contributed by atoms with Gasteiger partial charge in [-0.05, 0) is 25.5 Å². The molecule has 0 fully saturated rings. The van der Waals surface area contributed by atoms with E-state index in [1.165, 1.54) is 0 Å². The summed E-state index contributed by atoms with van der Waals surface area (Å²) in [5, 5.41) is 0.929. The lowest BCUT2D eigenvalue weighted by molar-refractivity contribution is 0.0997. The lowest BCUT2D eigenvalue weighted by Crippen LogP contribution is -2.09. The van der Waals surface area contributed by atoms with Gasteiger partial charge in [0.2, 0.25) is 0 Å². The number of hydrogen-bond acceptors (Lipinski definition) is 2. The third-order valence-corrected chi connectivity index (χ3v) is 2.99. The quantitative estimate of drug-likeness (QED) is 0.626. The average molecular weight is 281 g/mol. The number of fused-ring (bicyclic) bond motifs is 1. The van der Waals surface area contributed by atoms with Crippen molar-refractivity contribution in [2.45, 2.75) is 18.7 Å². The van der Waals surface area contributed by atoms with Gasteiger partial charge in [-0.3, -0.25) is 4.79 Å². The summed E-state index contributed by atoms with van der Waals surface area (Å²) in [6.45, 7) is 3.82. The highest BCUT2D eigenvalue weighted by Gasteiger charge is 2.18. The van der Waals surface area contributed by atoms with Gasteiger partial charge in [-0.15, -0.1) is 0 Å². The van der Waals surface area contributed by atoms with Crippen molar-refractivity contribution >= 4 is 32.7 Å². The number of alkyl halides is 1. The Morgan fingerprint density at radius 2 is 2.25 bits per heavy atom. The molecule has 16 heavy (non-hydrogen) atoms. The van der Waals surface area contributed by atoms with Crippen molar-refractivity contribution < 1.29 is 4.79 Å². The Bertz CT molecular complexity index is 557. The topological polar surface area (TPSA) is 34.9 Å². The summed E-state index contributed by atoms with van der Waals surface area (Å²) in [4.78, 5) is 16.2. The first-order valence-corrected chi connectivity index (χ1v) is 6.02. The fourth-order valence-corrected chi connectivity index (χ4v) is 2.02. The summed E-state index contributed by atoms with van der Waals surface area (Å²) < 4.78 is 1.89. The van der Waals surface area contributed by atoms with Crippen LogP contribution in [-0.2, 0) is 7.05 Å². The van der Waals surface area contributed by atoms with Gasteiger partial charge in [-0.1, -0.05) is 15.9 Å². The van der Waals surface area contributed by atoms with Crippen LogP contribution in [0, 0.1) is 6.92 Å². The Morgan fingerprint density at radius 3 is 2.88 bits per heavy atom. The second-order valence-corrected chi connectivity index (χ2v) is 5.39. The van der Waals surface area contributed by atoms with Crippen LogP contribution in [0.5, 0.6) is 0 Å². The fourth-order valence-electron chi connectivity index (χ4n) is 1.78. The number of rotatable bonds is 2. The molecule has 0 aliphatic carbocycles. The van der Waals surface area contributed by atoms with Crippen LogP contribution in [0.1, 0.15) is 22.8 Å². The Hall–Kier alpha value is -1.16. The summed E-state index contributed by atoms with van der Waals surface area (Å²) in [7, 11) is 1.90. The Morgan fingerprint density at radius 1 is 1.56 bits per heavy atom. The minimum absolute atomic E-state index is 0.0954. The number of aryl methyl sites for hydroxylation is 2. The molecule has 0 saturated carbocycles. The molecule has 2 rings (SSSR count). The summed E-state index contributed by atoms with van der Waals surface area (Å²) in [5.41, 5.74) is 2.65. The van der Waals surface area contributed by atoms with E-state index in [1.807, 2.05) is 43.9 Å². The first-order valence-electron chi connectivity index (χ1n) is 5.10. The largest absolute Gasteiger partial charge is 0.335 e. The summed E-state index contributed by atoms with van der Waals surface area (Å²) in [6, 6.07) is 2.00. The zero-order valence-corrected chi connectivity index (χ0v) is 11.1. The molecule has 0 N–H and O–H groups in total. The molecule has 0 saturated heterocycles. The van der Waals surface area contributed by atoms with E-state index < -0.39 is 0 Å². The van der Waals surface area contributed by atoms with E-state index >= 15 is 0 Å². The third-order valence-electron chi connectivity index (χ3n) is 2.58. The molecule has 4 heteroatoms. The number of nitrogens with zero attached hydrogens (tertiary/aromatic N) is 2. The van der Waals surface area contributed by atoms with E-state index in [1.54, 1.807) is 0 Å². The van der Waals surface area contributed by atoms with Crippen LogP contribution < -0.4 is 0 Å². The van der Waals surface area contributed by atoms with Gasteiger partial charge in [0.25, 0.3) is 0 Å². The van der Waals surface area contributed by atoms with E-state index in [0.29, 0.717) is 0 Å². The van der Waals surface area contributed by atoms with Crippen molar-refractivity contribution in [3.8, 4) is 0 Å². The van der Waals surface area contributed by atoms with Crippen molar-refractivity contribution in [2.75, 3.05) is 0 Å². The molecule has 2 heterocycles. The zero-order chi connectivity index (χ0) is 11.9. The minimum Gasteiger partial charge on any atom is -0.335 e. The maximum absolute atomic E-state index is 12.0. The molecule has 1 unspecified atom stereocenters. The highest BCUT2D eigenvalue weighted by molar-refractivity contribution is 9.10. The molecule has 0 aromatic carbocycles. The van der Waals surface area contributed by atoms with Crippen molar-refractivity contribution in [1.82, 2.24) is 9.55 Å². The molecule has 2 aromatic rings. The highest BCUT2D eigenvalue weighted by Crippen LogP contribution is 2.22. The van der Waals surface area contributed by atoms with Crippen molar-refractivity contribution in [3.05, 3.63) is 29.6 Å². The molecule has 2 aromatic heterocycles. The maximum atomic E-state index is 12.0. The molecule has 0 aliphatic rings. The number of hydrogen-bond donors (Lipinski definition) is 0. The molecule has 0 radical (unpaired) electrons. The van der Waals surface area contributed by atoms with Gasteiger partial charge in [0.1, 0.15) is 5.65 Å². The van der Waals surface area contributed by atoms with E-state index in [2.05, 4.69) is 20.9 Å². The number of carbonyl (C=O) groups excluding carboxylic acids is 1. The molecule has 84 valence electrons. The Labute approximate surface area is 103 Å². The molecule has 0 aliphatic heterocycles. The number of carbonyl (C=O) groups is 1. The van der Waals surface area contributed by atoms with Crippen LogP contribution in [0.3, 0.4) is 0 Å². The molecule has 1 atom stereocenters. The minimum atomic E-state index is -0.168. The van der Waals surface area contributed by atoms with Gasteiger partial charge in [0.05, 0.1) is 4.83 Å². The summed E-state index contributed by atoms with van der Waals surface area (Å²) >= 11 is 3.31. The van der Waals surface area contributed by atoms with Crippen LogP contribution in [0.4, 0.5) is 0 Å². The number of pyridine rings is 1. The fraction of sp³-hybridized carbons (Fsp3) is 0.333. The lowest BCUT2D eigenvalue weighted by Gasteiger charge is -2.00. The first-order chi connectivity index (χ1) is 7.50. The first kappa shape index (κ1) is 11.3. The second kappa shape index (κ2) is 4.01. The number of ketones is 1. The van der Waals surface area contributed by atoms with Crippen molar-refractivity contribution in [3.63, 3.8) is 0 Å². The van der Waals surface area contributed by atoms with E-state index in [9.17, 15) is 4.79 Å². The zero-order valence-electron chi connectivity index (χ0n) is 9.49. The number of halogens is 1. The van der Waals surface area contributed by atoms with Gasteiger partial charge in [0.15, 0.2) is 5.78 Å². The van der Waals surface area contributed by atoms with Gasteiger partial charge in [0, 0.05) is 30.4 Å². The second-order valence-electron chi connectivity index (χ2n) is 4.02. The molecule has 3 nitrogen and oxygen atoms in total. The normalized spacial score (nSPS) is 13.0. The maximum Gasteiger partial charge on any atom is 0.178 e. The van der Waals surface area contributed by atoms with E-state index in [4.69, 9.17) is 0 Å². The monoisotopic (exact) mass is 280 g/mol. The molecule has 0 spiro atoms. The van der Waals surface area contributed by atoms with Gasteiger partial charge < -0.3 is 4.57 Å². The van der Waals surface area contributed by atoms with E-state index in [0.717, 1.165) is 22.2 Å². The van der Waals surface area contributed by atoms with Crippen LogP contribution in [-0.4, -0.2) is 20.2 Å². The molecular formula is C12H13BrN2O. The van der Waals surface area contributed by atoms with Gasteiger partial charge in [-0.25, -0.2) is 4.98 Å². The van der Waals surface area contributed by atoms with Crippen molar-refractivity contribution in [2.24, 2.45) is 7.05 Å². The van der Waals surface area contributed by atoms with Crippen LogP contribution in [0.15, 0.2) is 18.5 Å². The van der Waals surface area contributed by atoms with Crippen LogP contribution >= 0.6 is 15.9 Å². The number of Topliss-reactive ketones (excluding diaryl/α,β-unsaturated/α-hetero) is 1. The van der Waals surface area contributed by atoms with Gasteiger partial charge >= 0.3 is 0 Å². The van der Waals surface area contributed by atoms with E-state index in [-0.39, 0.29) is 10.6 Å². The Kier molecular flexibility index (Phi) is 2.84. The Balaban J connectivity index is 2.71. The molecule has 0 bridgehead atoms. The SMILES string of the molecule is Cc1cnc2c(c1)c(C(=O)C(C)Br)cn2C. The number of aromatic nitrogens is 2. The molecule has 0 amide bonds. The smallest absolute Gasteiger partial charge is 0.178 e. The molecular weight excluding hydrogens is 268 g/mol. The van der Waals surface area contributed by atoms with Crippen LogP contribution in [0.2, 0.25) is 0 Å². The summed E-state index contributed by atoms with van der Waals surface area (Å²) in [6.07, 6.45) is 3.66. The summed E-state index contributed by atoms with van der Waals surface area (Å²) in [5.74, 6) is 0.0954. The predicted octanol–water partition coefficient (Wildman–Crippen LogP) is 2.85. The standard InChI is InChI=1S/C12H13BrN2O/c1-7-4-9-10(11(16)8(2)13)6-15(3)12(9)14-5-7/h4-6,8H,1-3H3. The average Bonchev–Trinajstić information content (AvgIpc) is 2.54. The highest BCUT2D eigenvalue weighted by atomic mass is 79.9. The van der Waals surface area contributed by atoms with Crippen molar-refractivity contribution in [1.29, 1.82) is 0 Å².